The number of hydrogen-bond acceptors (Lipinski definition) is 3. The first-order valence-corrected chi connectivity index (χ1v) is 6.66. The molecule has 3 heteroatoms. The number of methoxy groups -OCH3 is 1. The molecule has 0 aromatic heterocycles. The van der Waals surface area contributed by atoms with Crippen molar-refractivity contribution in [3.63, 3.8) is 0 Å². The molecule has 17 heavy (non-hydrogen) atoms. The quantitative estimate of drug-likeness (QED) is 0.694. The molecule has 0 aliphatic heterocycles. The monoisotopic (exact) mass is 240 g/mol. The molecule has 1 aliphatic rings. The molecule has 1 fully saturated rings. The van der Waals surface area contributed by atoms with Gasteiger partial charge in [0.25, 0.3) is 0 Å². The van der Waals surface area contributed by atoms with Crippen molar-refractivity contribution in [2.75, 3.05) is 7.11 Å². The molecule has 0 spiro atoms. The van der Waals surface area contributed by atoms with Crippen molar-refractivity contribution in [3.05, 3.63) is 0 Å². The van der Waals surface area contributed by atoms with Crippen molar-refractivity contribution >= 4 is 11.8 Å². The Bertz CT molecular complexity index is 265. The van der Waals surface area contributed by atoms with Crippen LogP contribution in [-0.2, 0) is 14.3 Å². The fraction of sp³-hybridized carbons (Fsp3) is 0.857. The van der Waals surface area contributed by atoms with Gasteiger partial charge in [-0.2, -0.15) is 0 Å². The largest absolute Gasteiger partial charge is 0.469 e. The summed E-state index contributed by atoms with van der Waals surface area (Å²) in [5.41, 5.74) is 0. The van der Waals surface area contributed by atoms with Crippen molar-refractivity contribution in [1.29, 1.82) is 0 Å². The summed E-state index contributed by atoms with van der Waals surface area (Å²) in [6, 6.07) is 0. The van der Waals surface area contributed by atoms with E-state index in [0.29, 0.717) is 5.92 Å². The van der Waals surface area contributed by atoms with E-state index < -0.39 is 0 Å². The van der Waals surface area contributed by atoms with E-state index >= 15 is 0 Å². The fourth-order valence-electron chi connectivity index (χ4n) is 2.73. The van der Waals surface area contributed by atoms with Crippen LogP contribution in [0, 0.1) is 17.8 Å². The second kappa shape index (κ2) is 6.77. The summed E-state index contributed by atoms with van der Waals surface area (Å²) in [6.45, 7) is 3.82. The SMILES string of the molecule is COC(=O)C[C@H](C(=O)C(C)C)C1CCCCC1. The van der Waals surface area contributed by atoms with Gasteiger partial charge >= 0.3 is 5.97 Å². The number of esters is 1. The van der Waals surface area contributed by atoms with Crippen LogP contribution in [-0.4, -0.2) is 18.9 Å². The fourth-order valence-corrected chi connectivity index (χ4v) is 2.73. The van der Waals surface area contributed by atoms with Crippen LogP contribution in [0.4, 0.5) is 0 Å². The first-order chi connectivity index (χ1) is 8.06. The molecule has 1 aliphatic carbocycles. The molecular weight excluding hydrogens is 216 g/mol. The van der Waals surface area contributed by atoms with E-state index in [4.69, 9.17) is 4.74 Å². The Morgan fingerprint density at radius 1 is 1.18 bits per heavy atom. The number of carbonyl (C=O) groups excluding carboxylic acids is 2. The predicted octanol–water partition coefficient (Wildman–Crippen LogP) is 2.97. The van der Waals surface area contributed by atoms with Crippen LogP contribution in [0.1, 0.15) is 52.4 Å². The summed E-state index contributed by atoms with van der Waals surface area (Å²) in [5, 5.41) is 0. The van der Waals surface area contributed by atoms with Crippen LogP contribution in [0.3, 0.4) is 0 Å². The molecule has 0 unspecified atom stereocenters. The highest BCUT2D eigenvalue weighted by molar-refractivity contribution is 5.86. The Kier molecular flexibility index (Phi) is 5.66. The van der Waals surface area contributed by atoms with Crippen LogP contribution in [0.25, 0.3) is 0 Å². The number of rotatable bonds is 5. The number of Topliss-reactive ketones (excluding diaryl/α,β-unsaturated/α-hetero) is 1. The maximum absolute atomic E-state index is 12.2. The molecule has 3 nitrogen and oxygen atoms in total. The van der Waals surface area contributed by atoms with E-state index in [1.165, 1.54) is 26.4 Å². The number of ether oxygens (including phenoxy) is 1. The van der Waals surface area contributed by atoms with Crippen molar-refractivity contribution in [3.8, 4) is 0 Å². The Balaban J connectivity index is 2.69. The van der Waals surface area contributed by atoms with E-state index in [9.17, 15) is 9.59 Å². The minimum atomic E-state index is -0.255. The van der Waals surface area contributed by atoms with Gasteiger partial charge in [-0.25, -0.2) is 0 Å². The molecule has 1 saturated carbocycles. The van der Waals surface area contributed by atoms with Crippen LogP contribution >= 0.6 is 0 Å². The molecule has 0 N–H and O–H groups in total. The van der Waals surface area contributed by atoms with Gasteiger partial charge in [0.05, 0.1) is 13.5 Å². The highest BCUT2D eigenvalue weighted by atomic mass is 16.5. The zero-order chi connectivity index (χ0) is 12.8. The molecule has 0 bridgehead atoms. The van der Waals surface area contributed by atoms with Gasteiger partial charge in [0.15, 0.2) is 0 Å². The van der Waals surface area contributed by atoms with E-state index in [1.54, 1.807) is 0 Å². The van der Waals surface area contributed by atoms with E-state index in [2.05, 4.69) is 0 Å². The lowest BCUT2D eigenvalue weighted by Gasteiger charge is -2.29. The van der Waals surface area contributed by atoms with Crippen LogP contribution < -0.4 is 0 Å². The van der Waals surface area contributed by atoms with Gasteiger partial charge in [-0.3, -0.25) is 9.59 Å². The minimum absolute atomic E-state index is 0.00610. The minimum Gasteiger partial charge on any atom is -0.469 e. The molecule has 0 heterocycles. The molecule has 0 saturated heterocycles. The molecule has 0 radical (unpaired) electrons. The van der Waals surface area contributed by atoms with Gasteiger partial charge < -0.3 is 4.74 Å². The van der Waals surface area contributed by atoms with E-state index in [1.807, 2.05) is 13.8 Å². The second-order valence-corrected chi connectivity index (χ2v) is 5.34. The first kappa shape index (κ1) is 14.2. The highest BCUT2D eigenvalue weighted by Gasteiger charge is 2.32. The summed E-state index contributed by atoms with van der Waals surface area (Å²) < 4.78 is 4.71. The number of carbonyl (C=O) groups is 2. The summed E-state index contributed by atoms with van der Waals surface area (Å²) in [7, 11) is 1.39. The third-order valence-electron chi connectivity index (χ3n) is 3.77. The predicted molar refractivity (Wildman–Crippen MR) is 66.5 cm³/mol. The van der Waals surface area contributed by atoms with Crippen molar-refractivity contribution < 1.29 is 14.3 Å². The Morgan fingerprint density at radius 2 is 1.76 bits per heavy atom. The molecule has 98 valence electrons. The maximum Gasteiger partial charge on any atom is 0.306 e. The molecule has 0 aromatic rings. The Labute approximate surface area is 104 Å². The summed E-state index contributed by atoms with van der Waals surface area (Å²) in [5.74, 6) is 0.240. The van der Waals surface area contributed by atoms with Gasteiger partial charge in [-0.15, -0.1) is 0 Å². The van der Waals surface area contributed by atoms with Gasteiger partial charge in [-0.05, 0) is 18.8 Å². The highest BCUT2D eigenvalue weighted by Crippen LogP contribution is 2.33. The standard InChI is InChI=1S/C14H24O3/c1-10(2)14(16)12(9-13(15)17-3)11-7-5-4-6-8-11/h10-12H,4-9H2,1-3H3/t12-/m0/s1. The van der Waals surface area contributed by atoms with Crippen molar-refractivity contribution in [2.24, 2.45) is 17.8 Å². The molecular formula is C14H24O3. The van der Waals surface area contributed by atoms with Crippen LogP contribution in [0.15, 0.2) is 0 Å². The lowest BCUT2D eigenvalue weighted by atomic mass is 9.74. The zero-order valence-electron chi connectivity index (χ0n) is 11.2. The maximum atomic E-state index is 12.2. The third-order valence-corrected chi connectivity index (χ3v) is 3.77. The van der Waals surface area contributed by atoms with Crippen molar-refractivity contribution in [2.45, 2.75) is 52.4 Å². The lowest BCUT2D eigenvalue weighted by Crippen LogP contribution is -2.31. The van der Waals surface area contributed by atoms with Crippen molar-refractivity contribution in [1.82, 2.24) is 0 Å². The smallest absolute Gasteiger partial charge is 0.306 e. The van der Waals surface area contributed by atoms with E-state index in [0.717, 1.165) is 12.8 Å². The van der Waals surface area contributed by atoms with Gasteiger partial charge in [0.2, 0.25) is 0 Å². The topological polar surface area (TPSA) is 43.4 Å². The molecule has 1 atom stereocenters. The van der Waals surface area contributed by atoms with Crippen LogP contribution in [0.2, 0.25) is 0 Å². The van der Waals surface area contributed by atoms with E-state index in [-0.39, 0.29) is 30.0 Å². The number of hydrogen-bond donors (Lipinski definition) is 0. The molecule has 1 rings (SSSR count). The average molecular weight is 240 g/mol. The van der Waals surface area contributed by atoms with Gasteiger partial charge in [0, 0.05) is 11.8 Å². The van der Waals surface area contributed by atoms with Crippen LogP contribution in [0.5, 0.6) is 0 Å². The lowest BCUT2D eigenvalue weighted by molar-refractivity contribution is -0.145. The number of ketones is 1. The Hall–Kier alpha value is -0.860. The molecule has 0 aromatic carbocycles. The summed E-state index contributed by atoms with van der Waals surface area (Å²) in [6.07, 6.45) is 6.07. The zero-order valence-corrected chi connectivity index (χ0v) is 11.2. The average Bonchev–Trinajstić information content (AvgIpc) is 2.35. The molecule has 0 amide bonds. The van der Waals surface area contributed by atoms with Gasteiger partial charge in [0.1, 0.15) is 5.78 Å². The summed E-state index contributed by atoms with van der Waals surface area (Å²) in [4.78, 5) is 23.6. The first-order valence-electron chi connectivity index (χ1n) is 6.66. The third kappa shape index (κ3) is 4.14. The Morgan fingerprint density at radius 3 is 2.24 bits per heavy atom. The van der Waals surface area contributed by atoms with Gasteiger partial charge in [-0.1, -0.05) is 33.1 Å². The normalized spacial score (nSPS) is 19.1. The second-order valence-electron chi connectivity index (χ2n) is 5.34. The summed E-state index contributed by atoms with van der Waals surface area (Å²) >= 11 is 0.